The van der Waals surface area contributed by atoms with Gasteiger partial charge in [0, 0.05) is 5.56 Å². The first kappa shape index (κ1) is 14.2. The molecule has 3 rings (SSSR count). The van der Waals surface area contributed by atoms with Crippen molar-refractivity contribution in [2.24, 2.45) is 5.92 Å². The van der Waals surface area contributed by atoms with Gasteiger partial charge >= 0.3 is 11.9 Å². The van der Waals surface area contributed by atoms with Crippen molar-refractivity contribution in [3.63, 3.8) is 0 Å². The molecule has 0 unspecified atom stereocenters. The largest absolute Gasteiger partial charge is 0.461 e. The maximum atomic E-state index is 11.8. The Bertz CT molecular complexity index is 706. The average Bonchev–Trinajstić information content (AvgIpc) is 3.25. The van der Waals surface area contributed by atoms with Gasteiger partial charge in [-0.15, -0.1) is 5.10 Å². The molecule has 0 spiro atoms. The number of rotatable bonds is 5. The second-order valence-electron chi connectivity index (χ2n) is 4.96. The van der Waals surface area contributed by atoms with Crippen LogP contribution in [-0.2, 0) is 9.53 Å². The smallest absolute Gasteiger partial charge is 0.361 e. The minimum atomic E-state index is -0.549. The summed E-state index contributed by atoms with van der Waals surface area (Å²) in [5.74, 6) is -0.326. The molecule has 1 heterocycles. The Labute approximate surface area is 126 Å². The van der Waals surface area contributed by atoms with Crippen LogP contribution in [0.3, 0.4) is 0 Å². The first-order valence-corrected chi connectivity index (χ1v) is 7.09. The summed E-state index contributed by atoms with van der Waals surface area (Å²) >= 11 is 0. The van der Waals surface area contributed by atoms with Crippen LogP contribution in [0.25, 0.3) is 11.3 Å². The fourth-order valence-corrected chi connectivity index (χ4v) is 2.00. The van der Waals surface area contributed by atoms with E-state index in [9.17, 15) is 9.59 Å². The normalized spacial score (nSPS) is 13.7. The maximum Gasteiger partial charge on any atom is 0.361 e. The van der Waals surface area contributed by atoms with Gasteiger partial charge in [-0.05, 0) is 31.9 Å². The molecule has 2 aromatic rings. The Kier molecular flexibility index (Phi) is 3.86. The molecule has 7 heteroatoms. The van der Waals surface area contributed by atoms with Gasteiger partial charge in [-0.25, -0.2) is 4.79 Å². The van der Waals surface area contributed by atoms with Crippen molar-refractivity contribution >= 4 is 11.9 Å². The van der Waals surface area contributed by atoms with Crippen molar-refractivity contribution < 1.29 is 19.1 Å². The van der Waals surface area contributed by atoms with Crippen molar-refractivity contribution in [1.29, 1.82) is 0 Å². The molecule has 22 heavy (non-hydrogen) atoms. The van der Waals surface area contributed by atoms with Crippen LogP contribution in [0.4, 0.5) is 0 Å². The van der Waals surface area contributed by atoms with E-state index in [0.29, 0.717) is 17.0 Å². The Hall–Kier alpha value is -2.70. The van der Waals surface area contributed by atoms with Crippen molar-refractivity contribution in [2.75, 3.05) is 6.61 Å². The van der Waals surface area contributed by atoms with E-state index in [1.165, 1.54) is 0 Å². The van der Waals surface area contributed by atoms with E-state index < -0.39 is 5.97 Å². The van der Waals surface area contributed by atoms with Gasteiger partial charge in [-0.1, -0.05) is 12.1 Å². The molecule has 1 aliphatic carbocycles. The van der Waals surface area contributed by atoms with Gasteiger partial charge in [0.2, 0.25) is 0 Å². The van der Waals surface area contributed by atoms with Crippen molar-refractivity contribution in [3.8, 4) is 17.0 Å². The zero-order valence-electron chi connectivity index (χ0n) is 12.0. The zero-order valence-corrected chi connectivity index (χ0v) is 12.0. The number of ether oxygens (including phenoxy) is 2. The highest BCUT2D eigenvalue weighted by Crippen LogP contribution is 2.31. The lowest BCUT2D eigenvalue weighted by molar-refractivity contribution is -0.135. The lowest BCUT2D eigenvalue weighted by Gasteiger charge is -2.05. The first-order chi connectivity index (χ1) is 10.7. The topological polar surface area (TPSA) is 94.2 Å². The van der Waals surface area contributed by atoms with Gasteiger partial charge in [0.05, 0.1) is 12.5 Å². The fourth-order valence-electron chi connectivity index (χ4n) is 2.00. The quantitative estimate of drug-likeness (QED) is 0.670. The van der Waals surface area contributed by atoms with Crippen LogP contribution in [0.15, 0.2) is 24.3 Å². The average molecular weight is 301 g/mol. The van der Waals surface area contributed by atoms with Crippen LogP contribution in [0.5, 0.6) is 5.75 Å². The van der Waals surface area contributed by atoms with Crippen LogP contribution in [-0.4, -0.2) is 34.0 Å². The van der Waals surface area contributed by atoms with Crippen molar-refractivity contribution in [2.45, 2.75) is 19.8 Å². The predicted octanol–water partition coefficient (Wildman–Crippen LogP) is 1.96. The number of carbonyl (C=O) groups is 2. The van der Waals surface area contributed by atoms with Crippen molar-refractivity contribution in [3.05, 3.63) is 30.0 Å². The number of carbonyl (C=O) groups excluding carboxylic acids is 2. The highest BCUT2D eigenvalue weighted by Gasteiger charge is 2.31. The molecule has 1 aromatic carbocycles. The number of aromatic nitrogens is 3. The molecule has 114 valence electrons. The van der Waals surface area contributed by atoms with E-state index in [0.717, 1.165) is 12.8 Å². The number of hydrogen-bond acceptors (Lipinski definition) is 6. The van der Waals surface area contributed by atoms with Crippen LogP contribution < -0.4 is 4.74 Å². The van der Waals surface area contributed by atoms with E-state index in [1.54, 1.807) is 31.2 Å². The molecule has 0 bridgehead atoms. The standard InChI is InChI=1S/C15H15N3O4/c1-2-21-15(20)13-12(16-18-17-13)10-4-3-5-11(8-10)22-14(19)9-6-7-9/h3-5,8-9H,2,6-7H2,1H3,(H,16,17,18). The minimum absolute atomic E-state index is 0.0193. The molecule has 1 fully saturated rings. The van der Waals surface area contributed by atoms with Crippen LogP contribution in [0.2, 0.25) is 0 Å². The first-order valence-electron chi connectivity index (χ1n) is 7.09. The summed E-state index contributed by atoms with van der Waals surface area (Å²) in [6.45, 7) is 1.97. The van der Waals surface area contributed by atoms with E-state index in [-0.39, 0.29) is 24.2 Å². The molecule has 7 nitrogen and oxygen atoms in total. The monoisotopic (exact) mass is 301 g/mol. The molecule has 0 aliphatic heterocycles. The highest BCUT2D eigenvalue weighted by molar-refractivity contribution is 5.94. The molecule has 0 amide bonds. The zero-order chi connectivity index (χ0) is 15.5. The molecular formula is C15H15N3O4. The number of esters is 2. The number of aromatic amines is 1. The SMILES string of the molecule is CCOC(=O)c1n[nH]nc1-c1cccc(OC(=O)C2CC2)c1. The summed E-state index contributed by atoms with van der Waals surface area (Å²) in [6, 6.07) is 6.83. The molecular weight excluding hydrogens is 286 g/mol. The molecule has 1 saturated carbocycles. The molecule has 0 atom stereocenters. The Morgan fingerprint density at radius 2 is 2.14 bits per heavy atom. The summed E-state index contributed by atoms with van der Waals surface area (Å²) in [4.78, 5) is 23.5. The number of hydrogen-bond donors (Lipinski definition) is 1. The van der Waals surface area contributed by atoms with Gasteiger partial charge in [0.1, 0.15) is 11.4 Å². The van der Waals surface area contributed by atoms with E-state index in [2.05, 4.69) is 15.4 Å². The number of H-pyrrole nitrogens is 1. The van der Waals surface area contributed by atoms with Crippen LogP contribution in [0.1, 0.15) is 30.3 Å². The third kappa shape index (κ3) is 2.98. The number of nitrogens with one attached hydrogen (secondary N) is 1. The third-order valence-corrected chi connectivity index (χ3v) is 3.25. The molecule has 1 aliphatic rings. The van der Waals surface area contributed by atoms with E-state index in [4.69, 9.17) is 9.47 Å². The summed E-state index contributed by atoms with van der Waals surface area (Å²) in [5, 5.41) is 10.2. The Morgan fingerprint density at radius 3 is 2.86 bits per heavy atom. The minimum Gasteiger partial charge on any atom is -0.461 e. The summed E-state index contributed by atoms with van der Waals surface area (Å²) in [7, 11) is 0. The third-order valence-electron chi connectivity index (χ3n) is 3.25. The van der Waals surface area contributed by atoms with Crippen LogP contribution >= 0.6 is 0 Å². The highest BCUT2D eigenvalue weighted by atomic mass is 16.5. The lowest BCUT2D eigenvalue weighted by Crippen LogP contribution is -2.10. The number of nitrogens with zero attached hydrogens (tertiary/aromatic N) is 2. The van der Waals surface area contributed by atoms with Crippen LogP contribution in [0, 0.1) is 5.92 Å². The lowest BCUT2D eigenvalue weighted by atomic mass is 10.1. The second kappa shape index (κ2) is 5.97. The van der Waals surface area contributed by atoms with E-state index >= 15 is 0 Å². The van der Waals surface area contributed by atoms with Gasteiger partial charge in [-0.3, -0.25) is 4.79 Å². The predicted molar refractivity (Wildman–Crippen MR) is 76.1 cm³/mol. The summed E-state index contributed by atoms with van der Waals surface area (Å²) < 4.78 is 10.2. The van der Waals surface area contributed by atoms with Crippen molar-refractivity contribution in [1.82, 2.24) is 15.4 Å². The molecule has 0 saturated heterocycles. The number of benzene rings is 1. The van der Waals surface area contributed by atoms with E-state index in [1.807, 2.05) is 0 Å². The molecule has 0 radical (unpaired) electrons. The summed E-state index contributed by atoms with van der Waals surface area (Å²) in [5.41, 5.74) is 1.09. The van der Waals surface area contributed by atoms with Gasteiger partial charge in [-0.2, -0.15) is 10.3 Å². The summed E-state index contributed by atoms with van der Waals surface area (Å²) in [6.07, 6.45) is 1.77. The molecule has 1 aromatic heterocycles. The fraction of sp³-hybridized carbons (Fsp3) is 0.333. The molecule has 1 N–H and O–H groups in total. The maximum absolute atomic E-state index is 11.8. The van der Waals surface area contributed by atoms with Gasteiger partial charge in [0.25, 0.3) is 0 Å². The Morgan fingerprint density at radius 1 is 1.32 bits per heavy atom. The van der Waals surface area contributed by atoms with Gasteiger partial charge < -0.3 is 9.47 Å². The van der Waals surface area contributed by atoms with Gasteiger partial charge in [0.15, 0.2) is 5.69 Å². The second-order valence-corrected chi connectivity index (χ2v) is 4.96. The Balaban J connectivity index is 1.84.